The number of rotatable bonds is 7. The maximum absolute atomic E-state index is 12.0. The minimum Gasteiger partial charge on any atom is -0.352 e. The summed E-state index contributed by atoms with van der Waals surface area (Å²) in [7, 11) is 1.83. The van der Waals surface area contributed by atoms with Crippen LogP contribution in [0.4, 0.5) is 0 Å². The number of carbonyl (C=O) groups excluding carboxylic acids is 1. The number of hydrogen-bond acceptors (Lipinski definition) is 2. The Kier molecular flexibility index (Phi) is 6.19. The summed E-state index contributed by atoms with van der Waals surface area (Å²) in [6.45, 7) is 4.73. The molecule has 1 rings (SSSR count). The van der Waals surface area contributed by atoms with Crippen LogP contribution in [-0.2, 0) is 7.05 Å². The minimum absolute atomic E-state index is 0.0451. The highest BCUT2D eigenvalue weighted by atomic mass is 35.5. The van der Waals surface area contributed by atoms with Crippen molar-refractivity contribution in [2.45, 2.75) is 33.1 Å². The van der Waals surface area contributed by atoms with Gasteiger partial charge in [-0.2, -0.15) is 5.10 Å². The van der Waals surface area contributed by atoms with Gasteiger partial charge in [-0.15, -0.1) is 11.6 Å². The van der Waals surface area contributed by atoms with E-state index in [-0.39, 0.29) is 5.91 Å². The third-order valence-corrected chi connectivity index (χ3v) is 3.46. The lowest BCUT2D eigenvalue weighted by molar-refractivity contribution is 0.0945. The molecule has 0 fully saturated rings. The van der Waals surface area contributed by atoms with E-state index in [0.717, 1.165) is 25.0 Å². The second-order valence-electron chi connectivity index (χ2n) is 4.61. The first-order valence-electron chi connectivity index (χ1n) is 6.42. The number of nitrogens with one attached hydrogen (secondary N) is 1. The van der Waals surface area contributed by atoms with Crippen molar-refractivity contribution in [3.8, 4) is 0 Å². The topological polar surface area (TPSA) is 46.9 Å². The fraction of sp³-hybridized carbons (Fsp3) is 0.692. The quantitative estimate of drug-likeness (QED) is 0.775. The molecule has 1 atom stereocenters. The second kappa shape index (κ2) is 7.41. The van der Waals surface area contributed by atoms with Crippen molar-refractivity contribution in [3.05, 3.63) is 17.5 Å². The lowest BCUT2D eigenvalue weighted by Crippen LogP contribution is -2.29. The van der Waals surface area contributed by atoms with Crippen LogP contribution in [0, 0.1) is 12.8 Å². The number of halogens is 1. The molecule has 0 bridgehead atoms. The molecule has 0 aliphatic heterocycles. The van der Waals surface area contributed by atoms with Gasteiger partial charge in [0.25, 0.3) is 5.91 Å². The fourth-order valence-electron chi connectivity index (χ4n) is 1.96. The number of carbonyl (C=O) groups is 1. The van der Waals surface area contributed by atoms with Crippen LogP contribution in [0.15, 0.2) is 6.20 Å². The molecule has 0 saturated carbocycles. The first-order valence-corrected chi connectivity index (χ1v) is 6.96. The molecule has 18 heavy (non-hydrogen) atoms. The fourth-order valence-corrected chi connectivity index (χ4v) is 2.27. The third kappa shape index (κ3) is 4.02. The Balaban J connectivity index is 2.51. The zero-order valence-corrected chi connectivity index (χ0v) is 12.1. The van der Waals surface area contributed by atoms with Crippen molar-refractivity contribution in [1.82, 2.24) is 15.1 Å². The van der Waals surface area contributed by atoms with Crippen molar-refractivity contribution >= 4 is 17.5 Å². The Morgan fingerprint density at radius 2 is 2.28 bits per heavy atom. The SMILES string of the molecule is CCCC(CCCl)CNC(=O)c1cnn(C)c1C. The van der Waals surface area contributed by atoms with Crippen LogP contribution in [0.25, 0.3) is 0 Å². The molecule has 5 heteroatoms. The highest BCUT2D eigenvalue weighted by Crippen LogP contribution is 2.12. The Bertz CT molecular complexity index is 384. The Hall–Kier alpha value is -1.03. The summed E-state index contributed by atoms with van der Waals surface area (Å²) < 4.78 is 1.71. The summed E-state index contributed by atoms with van der Waals surface area (Å²) in [5, 5.41) is 7.04. The van der Waals surface area contributed by atoms with Gasteiger partial charge >= 0.3 is 0 Å². The van der Waals surface area contributed by atoms with E-state index in [2.05, 4.69) is 17.3 Å². The Labute approximate surface area is 114 Å². The van der Waals surface area contributed by atoms with Crippen LogP contribution in [-0.4, -0.2) is 28.1 Å². The maximum Gasteiger partial charge on any atom is 0.254 e. The molecule has 1 N–H and O–H groups in total. The van der Waals surface area contributed by atoms with Crippen LogP contribution >= 0.6 is 11.6 Å². The van der Waals surface area contributed by atoms with Gasteiger partial charge in [0, 0.05) is 25.2 Å². The number of amides is 1. The van der Waals surface area contributed by atoms with Gasteiger partial charge in [-0.1, -0.05) is 13.3 Å². The van der Waals surface area contributed by atoms with Gasteiger partial charge in [0.1, 0.15) is 0 Å². The molecular formula is C13H22ClN3O. The average molecular weight is 272 g/mol. The highest BCUT2D eigenvalue weighted by molar-refractivity contribution is 6.17. The maximum atomic E-state index is 12.0. The standard InChI is InChI=1S/C13H22ClN3O/c1-4-5-11(6-7-14)8-15-13(18)12-9-16-17(3)10(12)2/h9,11H,4-8H2,1-3H3,(H,15,18). The van der Waals surface area contributed by atoms with Crippen molar-refractivity contribution in [1.29, 1.82) is 0 Å². The highest BCUT2D eigenvalue weighted by Gasteiger charge is 2.14. The summed E-state index contributed by atoms with van der Waals surface area (Å²) in [4.78, 5) is 12.0. The number of hydrogen-bond donors (Lipinski definition) is 1. The number of alkyl halides is 1. The smallest absolute Gasteiger partial charge is 0.254 e. The van der Waals surface area contributed by atoms with Crippen molar-refractivity contribution < 1.29 is 4.79 Å². The van der Waals surface area contributed by atoms with Crippen molar-refractivity contribution in [2.75, 3.05) is 12.4 Å². The van der Waals surface area contributed by atoms with E-state index in [4.69, 9.17) is 11.6 Å². The zero-order valence-electron chi connectivity index (χ0n) is 11.4. The lowest BCUT2D eigenvalue weighted by Gasteiger charge is -2.15. The largest absolute Gasteiger partial charge is 0.352 e. The van der Waals surface area contributed by atoms with Gasteiger partial charge in [0.05, 0.1) is 11.8 Å². The molecule has 1 aromatic heterocycles. The van der Waals surface area contributed by atoms with Gasteiger partial charge in [-0.3, -0.25) is 9.48 Å². The molecule has 1 heterocycles. The summed E-state index contributed by atoms with van der Waals surface area (Å²) in [5.41, 5.74) is 1.54. The third-order valence-electron chi connectivity index (χ3n) is 3.25. The van der Waals surface area contributed by atoms with Gasteiger partial charge in [-0.05, 0) is 25.7 Å². The van der Waals surface area contributed by atoms with Gasteiger partial charge in [0.15, 0.2) is 0 Å². The molecule has 4 nitrogen and oxygen atoms in total. The number of aryl methyl sites for hydroxylation is 1. The molecule has 102 valence electrons. The predicted molar refractivity (Wildman–Crippen MR) is 74.0 cm³/mol. The van der Waals surface area contributed by atoms with Crippen LogP contribution in [0.3, 0.4) is 0 Å². The summed E-state index contributed by atoms with van der Waals surface area (Å²) >= 11 is 5.77. The molecular weight excluding hydrogens is 250 g/mol. The molecule has 0 spiro atoms. The molecule has 0 aliphatic rings. The van der Waals surface area contributed by atoms with Crippen molar-refractivity contribution in [2.24, 2.45) is 13.0 Å². The van der Waals surface area contributed by atoms with E-state index < -0.39 is 0 Å². The number of aromatic nitrogens is 2. The summed E-state index contributed by atoms with van der Waals surface area (Å²) in [6.07, 6.45) is 4.77. The van der Waals surface area contributed by atoms with Crippen molar-refractivity contribution in [3.63, 3.8) is 0 Å². The normalized spacial score (nSPS) is 12.4. The van der Waals surface area contributed by atoms with E-state index in [1.807, 2.05) is 14.0 Å². The summed E-state index contributed by atoms with van der Waals surface area (Å²) in [5.74, 6) is 1.07. The zero-order chi connectivity index (χ0) is 13.5. The van der Waals surface area contributed by atoms with Gasteiger partial charge < -0.3 is 5.32 Å². The molecule has 1 aromatic rings. The van der Waals surface area contributed by atoms with Crippen LogP contribution in [0.2, 0.25) is 0 Å². The molecule has 0 aromatic carbocycles. The van der Waals surface area contributed by atoms with E-state index in [1.165, 1.54) is 0 Å². The monoisotopic (exact) mass is 271 g/mol. The van der Waals surface area contributed by atoms with Crippen LogP contribution in [0.1, 0.15) is 42.2 Å². The first kappa shape index (κ1) is 15.0. The van der Waals surface area contributed by atoms with E-state index in [1.54, 1.807) is 10.9 Å². The van der Waals surface area contributed by atoms with Gasteiger partial charge in [0.2, 0.25) is 0 Å². The predicted octanol–water partition coefficient (Wildman–Crippen LogP) is 2.50. The Morgan fingerprint density at radius 1 is 1.56 bits per heavy atom. The molecule has 0 radical (unpaired) electrons. The van der Waals surface area contributed by atoms with Crippen LogP contribution in [0.5, 0.6) is 0 Å². The summed E-state index contributed by atoms with van der Waals surface area (Å²) in [6, 6.07) is 0. The Morgan fingerprint density at radius 3 is 2.78 bits per heavy atom. The van der Waals surface area contributed by atoms with E-state index >= 15 is 0 Å². The van der Waals surface area contributed by atoms with Crippen LogP contribution < -0.4 is 5.32 Å². The molecule has 0 saturated heterocycles. The van der Waals surface area contributed by atoms with Gasteiger partial charge in [-0.25, -0.2) is 0 Å². The average Bonchev–Trinajstić information content (AvgIpc) is 2.67. The molecule has 0 aliphatic carbocycles. The van der Waals surface area contributed by atoms with E-state index in [0.29, 0.717) is 23.9 Å². The lowest BCUT2D eigenvalue weighted by atomic mass is 10.0. The first-order chi connectivity index (χ1) is 8.60. The molecule has 1 unspecified atom stereocenters. The second-order valence-corrected chi connectivity index (χ2v) is 4.99. The minimum atomic E-state index is -0.0451. The van der Waals surface area contributed by atoms with E-state index in [9.17, 15) is 4.79 Å². The molecule has 1 amide bonds. The number of nitrogens with zero attached hydrogens (tertiary/aromatic N) is 2.